The van der Waals surface area contributed by atoms with Crippen LogP contribution in [0.2, 0.25) is 0 Å². The Hall–Kier alpha value is -1.55. The Labute approximate surface area is 99.7 Å². The van der Waals surface area contributed by atoms with E-state index in [-0.39, 0.29) is 5.78 Å². The molecule has 4 heteroatoms. The summed E-state index contributed by atoms with van der Waals surface area (Å²) in [5.41, 5.74) is 5.90. The monoisotopic (exact) mass is 233 g/mol. The maximum Gasteiger partial charge on any atom is 0.182 e. The van der Waals surface area contributed by atoms with Gasteiger partial charge in [-0.15, -0.1) is 0 Å². The molecular formula is C13H15NO3. The van der Waals surface area contributed by atoms with Crippen molar-refractivity contribution in [3.63, 3.8) is 0 Å². The van der Waals surface area contributed by atoms with Gasteiger partial charge in [-0.05, 0) is 31.0 Å². The first-order chi connectivity index (χ1) is 8.19. The quantitative estimate of drug-likeness (QED) is 0.787. The Morgan fingerprint density at radius 2 is 1.88 bits per heavy atom. The van der Waals surface area contributed by atoms with Crippen LogP contribution in [0.3, 0.4) is 0 Å². The molecule has 0 aromatic heterocycles. The first-order valence-electron chi connectivity index (χ1n) is 5.92. The van der Waals surface area contributed by atoms with Gasteiger partial charge in [0.1, 0.15) is 0 Å². The van der Waals surface area contributed by atoms with Gasteiger partial charge < -0.3 is 15.2 Å². The Morgan fingerprint density at radius 3 is 2.59 bits per heavy atom. The third-order valence-electron chi connectivity index (χ3n) is 3.25. The minimum Gasteiger partial charge on any atom is -0.490 e. The van der Waals surface area contributed by atoms with Gasteiger partial charge in [-0.25, -0.2) is 0 Å². The lowest BCUT2D eigenvalue weighted by Gasteiger charge is -2.11. The van der Waals surface area contributed by atoms with Crippen LogP contribution in [0.25, 0.3) is 0 Å². The summed E-state index contributed by atoms with van der Waals surface area (Å²) in [5.74, 6) is 1.37. The lowest BCUT2D eigenvalue weighted by Crippen LogP contribution is -2.32. The number of rotatable bonds is 2. The number of Topliss-reactive ketones (excluding diaryl/α,β-unsaturated/α-hetero) is 1. The molecule has 0 saturated heterocycles. The first-order valence-corrected chi connectivity index (χ1v) is 5.92. The van der Waals surface area contributed by atoms with Crippen molar-refractivity contribution < 1.29 is 14.3 Å². The van der Waals surface area contributed by atoms with E-state index in [1.807, 2.05) is 0 Å². The number of ether oxygens (including phenoxy) is 2. The highest BCUT2D eigenvalue weighted by molar-refractivity contribution is 6.05. The van der Waals surface area contributed by atoms with Crippen LogP contribution < -0.4 is 15.2 Å². The van der Waals surface area contributed by atoms with Gasteiger partial charge in [0.25, 0.3) is 0 Å². The highest BCUT2D eigenvalue weighted by Crippen LogP contribution is 2.38. The summed E-state index contributed by atoms with van der Waals surface area (Å²) in [7, 11) is 0. The second kappa shape index (κ2) is 3.74. The molecule has 17 heavy (non-hydrogen) atoms. The van der Waals surface area contributed by atoms with Crippen LogP contribution in [0.4, 0.5) is 0 Å². The molecule has 4 nitrogen and oxygen atoms in total. The van der Waals surface area contributed by atoms with E-state index >= 15 is 0 Å². The molecule has 1 aliphatic heterocycles. The molecule has 2 aliphatic rings. The van der Waals surface area contributed by atoms with Crippen LogP contribution in [0.5, 0.6) is 11.5 Å². The van der Waals surface area contributed by atoms with E-state index in [4.69, 9.17) is 15.2 Å². The summed E-state index contributed by atoms with van der Waals surface area (Å²) in [6.45, 7) is 1.28. The molecule has 0 atom stereocenters. The molecule has 1 fully saturated rings. The summed E-state index contributed by atoms with van der Waals surface area (Å²) in [4.78, 5) is 12.1. The molecule has 0 amide bonds. The molecule has 1 aliphatic carbocycles. The molecule has 2 N–H and O–H groups in total. The van der Waals surface area contributed by atoms with Crippen molar-refractivity contribution in [2.45, 2.75) is 24.8 Å². The van der Waals surface area contributed by atoms with E-state index in [9.17, 15) is 4.79 Å². The Bertz CT molecular complexity index is 466. The second-order valence-electron chi connectivity index (χ2n) is 4.70. The fourth-order valence-corrected chi connectivity index (χ4v) is 1.95. The highest BCUT2D eigenvalue weighted by Gasteiger charge is 2.46. The SMILES string of the molecule is NC1(C(=O)c2ccc3c(c2)OCCCO3)CC1. The van der Waals surface area contributed by atoms with Crippen LogP contribution in [-0.4, -0.2) is 24.5 Å². The zero-order valence-corrected chi connectivity index (χ0v) is 9.57. The molecule has 1 saturated carbocycles. The molecule has 1 heterocycles. The normalized spacial score (nSPS) is 20.5. The third kappa shape index (κ3) is 1.89. The zero-order chi connectivity index (χ0) is 11.9. The van der Waals surface area contributed by atoms with Gasteiger partial charge in [0.15, 0.2) is 17.3 Å². The van der Waals surface area contributed by atoms with Crippen molar-refractivity contribution in [2.24, 2.45) is 5.73 Å². The van der Waals surface area contributed by atoms with Crippen molar-refractivity contribution in [1.29, 1.82) is 0 Å². The van der Waals surface area contributed by atoms with Crippen molar-refractivity contribution in [3.05, 3.63) is 23.8 Å². The van der Waals surface area contributed by atoms with Crippen molar-refractivity contribution >= 4 is 5.78 Å². The summed E-state index contributed by atoms with van der Waals surface area (Å²) < 4.78 is 11.1. The predicted molar refractivity (Wildman–Crippen MR) is 62.5 cm³/mol. The average molecular weight is 233 g/mol. The van der Waals surface area contributed by atoms with E-state index in [1.165, 1.54) is 0 Å². The van der Waals surface area contributed by atoms with E-state index in [1.54, 1.807) is 18.2 Å². The number of carbonyl (C=O) groups excluding carboxylic acids is 1. The van der Waals surface area contributed by atoms with Crippen molar-refractivity contribution in [1.82, 2.24) is 0 Å². The Kier molecular flexibility index (Phi) is 2.33. The fourth-order valence-electron chi connectivity index (χ4n) is 1.95. The second-order valence-corrected chi connectivity index (χ2v) is 4.70. The number of fused-ring (bicyclic) bond motifs is 1. The molecule has 0 unspecified atom stereocenters. The van der Waals surface area contributed by atoms with Gasteiger partial charge in [-0.3, -0.25) is 4.79 Å². The van der Waals surface area contributed by atoms with Crippen LogP contribution in [0.1, 0.15) is 29.6 Å². The summed E-state index contributed by atoms with van der Waals surface area (Å²) in [5, 5.41) is 0. The largest absolute Gasteiger partial charge is 0.490 e. The number of benzene rings is 1. The smallest absolute Gasteiger partial charge is 0.182 e. The third-order valence-corrected chi connectivity index (χ3v) is 3.25. The first kappa shape index (κ1) is 10.6. The number of nitrogens with two attached hydrogens (primary N) is 1. The van der Waals surface area contributed by atoms with Gasteiger partial charge in [0.05, 0.1) is 18.8 Å². The molecule has 1 aromatic carbocycles. The number of carbonyl (C=O) groups is 1. The minimum absolute atomic E-state index is 0.00754. The summed E-state index contributed by atoms with van der Waals surface area (Å²) in [6, 6.07) is 5.30. The Morgan fingerprint density at radius 1 is 1.18 bits per heavy atom. The average Bonchev–Trinajstić information content (AvgIpc) is 3.11. The Balaban J connectivity index is 1.92. The maximum absolute atomic E-state index is 12.1. The molecule has 0 spiro atoms. The van der Waals surface area contributed by atoms with Gasteiger partial charge >= 0.3 is 0 Å². The van der Waals surface area contributed by atoms with Crippen LogP contribution in [0, 0.1) is 0 Å². The number of hydrogen-bond acceptors (Lipinski definition) is 4. The highest BCUT2D eigenvalue weighted by atomic mass is 16.5. The van der Waals surface area contributed by atoms with E-state index in [0.29, 0.717) is 30.3 Å². The van der Waals surface area contributed by atoms with Crippen LogP contribution in [0.15, 0.2) is 18.2 Å². The summed E-state index contributed by atoms with van der Waals surface area (Å²) in [6.07, 6.45) is 2.42. The number of ketones is 1. The van der Waals surface area contributed by atoms with Crippen LogP contribution in [-0.2, 0) is 0 Å². The molecule has 90 valence electrons. The molecular weight excluding hydrogens is 218 g/mol. The molecule has 1 aromatic rings. The van der Waals surface area contributed by atoms with Gasteiger partial charge in [-0.2, -0.15) is 0 Å². The zero-order valence-electron chi connectivity index (χ0n) is 9.57. The van der Waals surface area contributed by atoms with Crippen LogP contribution >= 0.6 is 0 Å². The van der Waals surface area contributed by atoms with Gasteiger partial charge in [-0.1, -0.05) is 0 Å². The standard InChI is InChI=1S/C13H15NO3/c14-13(4-5-13)12(15)9-2-3-10-11(8-9)17-7-1-6-16-10/h2-3,8H,1,4-7,14H2. The molecule has 3 rings (SSSR count). The van der Waals surface area contributed by atoms with Gasteiger partial charge in [0, 0.05) is 12.0 Å². The van der Waals surface area contributed by atoms with E-state index < -0.39 is 5.54 Å². The van der Waals surface area contributed by atoms with E-state index in [0.717, 1.165) is 19.3 Å². The minimum atomic E-state index is -0.625. The number of hydrogen-bond donors (Lipinski definition) is 1. The van der Waals surface area contributed by atoms with Crippen molar-refractivity contribution in [3.8, 4) is 11.5 Å². The lowest BCUT2D eigenvalue weighted by molar-refractivity contribution is 0.0949. The molecule has 0 bridgehead atoms. The lowest BCUT2D eigenvalue weighted by atomic mass is 10.0. The van der Waals surface area contributed by atoms with E-state index in [2.05, 4.69) is 0 Å². The topological polar surface area (TPSA) is 61.6 Å². The van der Waals surface area contributed by atoms with Gasteiger partial charge in [0.2, 0.25) is 0 Å². The predicted octanol–water partition coefficient (Wildman–Crippen LogP) is 1.52. The van der Waals surface area contributed by atoms with Crippen molar-refractivity contribution in [2.75, 3.05) is 13.2 Å². The fraction of sp³-hybridized carbons (Fsp3) is 0.462. The molecule has 0 radical (unpaired) electrons. The summed E-state index contributed by atoms with van der Waals surface area (Å²) >= 11 is 0. The maximum atomic E-state index is 12.1.